The Bertz CT molecular complexity index is 880. The number of thioether (sulfide) groups is 1. The Morgan fingerprint density at radius 2 is 2.17 bits per heavy atom. The SMILES string of the molecule is CCn1c(SCc2cccs2)nnc(Nc2cccc(Br)c2)c1=O. The first-order valence-corrected chi connectivity index (χ1v) is 9.98. The third-order valence-corrected chi connectivity index (χ3v) is 5.81. The molecular formula is C16H15BrN4OS2. The van der Waals surface area contributed by atoms with Crippen molar-refractivity contribution in [3.8, 4) is 0 Å². The van der Waals surface area contributed by atoms with E-state index in [0.717, 1.165) is 15.9 Å². The van der Waals surface area contributed by atoms with E-state index in [1.54, 1.807) is 15.9 Å². The van der Waals surface area contributed by atoms with E-state index in [1.807, 2.05) is 42.6 Å². The molecule has 0 fully saturated rings. The maximum Gasteiger partial charge on any atom is 0.297 e. The molecule has 1 aromatic carbocycles. The maximum atomic E-state index is 12.6. The second-order valence-electron chi connectivity index (χ2n) is 4.88. The first-order chi connectivity index (χ1) is 11.7. The van der Waals surface area contributed by atoms with Gasteiger partial charge in [0.05, 0.1) is 0 Å². The summed E-state index contributed by atoms with van der Waals surface area (Å²) in [5.74, 6) is 1.01. The van der Waals surface area contributed by atoms with Gasteiger partial charge < -0.3 is 5.32 Å². The molecule has 2 aromatic heterocycles. The topological polar surface area (TPSA) is 59.8 Å². The first kappa shape index (κ1) is 17.2. The fourth-order valence-electron chi connectivity index (χ4n) is 2.10. The Hall–Kier alpha value is -1.64. The lowest BCUT2D eigenvalue weighted by atomic mass is 10.3. The summed E-state index contributed by atoms with van der Waals surface area (Å²) in [6.45, 7) is 2.48. The van der Waals surface area contributed by atoms with Crippen molar-refractivity contribution in [2.75, 3.05) is 5.32 Å². The molecule has 0 radical (unpaired) electrons. The Labute approximate surface area is 156 Å². The molecule has 0 saturated carbocycles. The summed E-state index contributed by atoms with van der Waals surface area (Å²) in [5, 5.41) is 14.0. The predicted octanol–water partition coefficient (Wildman–Crippen LogP) is 4.52. The van der Waals surface area contributed by atoms with Crippen LogP contribution in [0.15, 0.2) is 56.2 Å². The lowest BCUT2D eigenvalue weighted by molar-refractivity contribution is 0.597. The Kier molecular flexibility index (Phi) is 5.70. The van der Waals surface area contributed by atoms with Crippen LogP contribution in [-0.4, -0.2) is 14.8 Å². The van der Waals surface area contributed by atoms with Gasteiger partial charge in [0.2, 0.25) is 5.82 Å². The summed E-state index contributed by atoms with van der Waals surface area (Å²) in [6, 6.07) is 11.7. The van der Waals surface area contributed by atoms with Gasteiger partial charge in [0.25, 0.3) is 5.56 Å². The van der Waals surface area contributed by atoms with E-state index in [1.165, 1.54) is 16.6 Å². The van der Waals surface area contributed by atoms with Crippen LogP contribution < -0.4 is 10.9 Å². The van der Waals surface area contributed by atoms with Crippen LogP contribution in [0.5, 0.6) is 0 Å². The normalized spacial score (nSPS) is 10.8. The van der Waals surface area contributed by atoms with Crippen molar-refractivity contribution >= 4 is 50.5 Å². The third-order valence-electron chi connectivity index (χ3n) is 3.24. The van der Waals surface area contributed by atoms with Crippen LogP contribution in [0, 0.1) is 0 Å². The summed E-state index contributed by atoms with van der Waals surface area (Å²) in [6.07, 6.45) is 0. The number of hydrogen-bond acceptors (Lipinski definition) is 6. The minimum absolute atomic E-state index is 0.166. The van der Waals surface area contributed by atoms with Crippen molar-refractivity contribution in [2.24, 2.45) is 0 Å². The predicted molar refractivity (Wildman–Crippen MR) is 103 cm³/mol. The monoisotopic (exact) mass is 422 g/mol. The molecule has 0 spiro atoms. The average Bonchev–Trinajstić information content (AvgIpc) is 3.09. The zero-order chi connectivity index (χ0) is 16.9. The van der Waals surface area contributed by atoms with Crippen molar-refractivity contribution < 1.29 is 0 Å². The number of anilines is 2. The van der Waals surface area contributed by atoms with Gasteiger partial charge in [0, 0.05) is 27.3 Å². The summed E-state index contributed by atoms with van der Waals surface area (Å²) in [4.78, 5) is 13.9. The third kappa shape index (κ3) is 4.06. The summed E-state index contributed by atoms with van der Waals surface area (Å²) in [5.41, 5.74) is 0.624. The lowest BCUT2D eigenvalue weighted by Crippen LogP contribution is -2.26. The molecule has 8 heteroatoms. The van der Waals surface area contributed by atoms with Gasteiger partial charge in [-0.2, -0.15) is 0 Å². The van der Waals surface area contributed by atoms with Crippen LogP contribution in [0.4, 0.5) is 11.5 Å². The highest BCUT2D eigenvalue weighted by atomic mass is 79.9. The van der Waals surface area contributed by atoms with Crippen LogP contribution in [0.1, 0.15) is 11.8 Å². The van der Waals surface area contributed by atoms with Crippen molar-refractivity contribution in [1.29, 1.82) is 0 Å². The van der Waals surface area contributed by atoms with E-state index in [0.29, 0.717) is 11.7 Å². The maximum absolute atomic E-state index is 12.6. The Morgan fingerprint density at radius 1 is 1.29 bits per heavy atom. The number of rotatable bonds is 6. The largest absolute Gasteiger partial charge is 0.334 e. The molecule has 5 nitrogen and oxygen atoms in total. The average molecular weight is 423 g/mol. The molecule has 0 saturated heterocycles. The summed E-state index contributed by atoms with van der Waals surface area (Å²) in [7, 11) is 0. The van der Waals surface area contributed by atoms with E-state index in [9.17, 15) is 4.79 Å². The van der Waals surface area contributed by atoms with E-state index < -0.39 is 0 Å². The van der Waals surface area contributed by atoms with Crippen LogP contribution in [-0.2, 0) is 12.3 Å². The smallest absolute Gasteiger partial charge is 0.297 e. The van der Waals surface area contributed by atoms with Crippen LogP contribution in [0.25, 0.3) is 0 Å². The summed E-state index contributed by atoms with van der Waals surface area (Å²) >= 11 is 6.63. The number of nitrogens with zero attached hydrogens (tertiary/aromatic N) is 3. The van der Waals surface area contributed by atoms with Gasteiger partial charge in [-0.05, 0) is 36.6 Å². The highest BCUT2D eigenvalue weighted by Crippen LogP contribution is 2.23. The molecular weight excluding hydrogens is 408 g/mol. The van der Waals surface area contributed by atoms with Crippen LogP contribution in [0.3, 0.4) is 0 Å². The van der Waals surface area contributed by atoms with E-state index >= 15 is 0 Å². The van der Waals surface area contributed by atoms with Gasteiger partial charge in [0.1, 0.15) is 0 Å². The number of benzene rings is 1. The zero-order valence-electron chi connectivity index (χ0n) is 12.9. The molecule has 3 aromatic rings. The van der Waals surface area contributed by atoms with Gasteiger partial charge in [0.15, 0.2) is 5.16 Å². The highest BCUT2D eigenvalue weighted by molar-refractivity contribution is 9.10. The number of nitrogens with one attached hydrogen (secondary N) is 1. The lowest BCUT2D eigenvalue weighted by Gasteiger charge is -2.11. The molecule has 0 aliphatic heterocycles. The number of thiophene rings is 1. The molecule has 0 atom stereocenters. The standard InChI is InChI=1S/C16H15BrN4OS2/c1-2-21-15(22)14(18-12-6-3-5-11(17)9-12)19-20-16(21)24-10-13-7-4-8-23-13/h3-9H,2,10H2,1H3,(H,18,19). The molecule has 0 aliphatic rings. The van der Waals surface area contributed by atoms with Crippen molar-refractivity contribution in [2.45, 2.75) is 24.4 Å². The van der Waals surface area contributed by atoms with E-state index in [4.69, 9.17) is 0 Å². The number of halogens is 1. The second kappa shape index (κ2) is 7.96. The fourth-order valence-corrected chi connectivity index (χ4v) is 4.27. The molecule has 124 valence electrons. The van der Waals surface area contributed by atoms with Gasteiger partial charge >= 0.3 is 0 Å². The molecule has 3 rings (SSSR count). The molecule has 0 aliphatic carbocycles. The Morgan fingerprint density at radius 3 is 2.88 bits per heavy atom. The first-order valence-electron chi connectivity index (χ1n) is 7.32. The van der Waals surface area contributed by atoms with E-state index in [-0.39, 0.29) is 11.4 Å². The van der Waals surface area contributed by atoms with Gasteiger partial charge in [-0.15, -0.1) is 21.5 Å². The second-order valence-corrected chi connectivity index (χ2v) is 7.77. The van der Waals surface area contributed by atoms with E-state index in [2.05, 4.69) is 37.5 Å². The minimum atomic E-state index is -0.166. The van der Waals surface area contributed by atoms with Crippen LogP contribution in [0.2, 0.25) is 0 Å². The van der Waals surface area contributed by atoms with Crippen molar-refractivity contribution in [3.05, 3.63) is 61.5 Å². The quantitative estimate of drug-likeness (QED) is 0.591. The van der Waals surface area contributed by atoms with Crippen molar-refractivity contribution in [1.82, 2.24) is 14.8 Å². The van der Waals surface area contributed by atoms with Crippen molar-refractivity contribution in [3.63, 3.8) is 0 Å². The molecule has 0 amide bonds. The summed E-state index contributed by atoms with van der Waals surface area (Å²) < 4.78 is 2.57. The molecule has 2 heterocycles. The number of aromatic nitrogens is 3. The zero-order valence-corrected chi connectivity index (χ0v) is 16.1. The van der Waals surface area contributed by atoms with Gasteiger partial charge in [-0.3, -0.25) is 9.36 Å². The molecule has 0 unspecified atom stereocenters. The van der Waals surface area contributed by atoms with Gasteiger partial charge in [-0.1, -0.05) is 39.8 Å². The fraction of sp³-hybridized carbons (Fsp3) is 0.188. The number of hydrogen-bond donors (Lipinski definition) is 1. The highest BCUT2D eigenvalue weighted by Gasteiger charge is 2.12. The van der Waals surface area contributed by atoms with Gasteiger partial charge in [-0.25, -0.2) is 0 Å². The van der Waals surface area contributed by atoms with Crippen LogP contribution >= 0.6 is 39.0 Å². The minimum Gasteiger partial charge on any atom is -0.334 e. The molecule has 24 heavy (non-hydrogen) atoms. The Balaban J connectivity index is 1.83. The molecule has 1 N–H and O–H groups in total. The molecule has 0 bridgehead atoms.